The van der Waals surface area contributed by atoms with E-state index in [2.05, 4.69) is 0 Å². The summed E-state index contributed by atoms with van der Waals surface area (Å²) in [5.74, 6) is 0. The second-order valence-corrected chi connectivity index (χ2v) is 5.76. The lowest BCUT2D eigenvalue weighted by atomic mass is 10.1. The monoisotopic (exact) mass is 272 g/mol. The molecule has 16 heavy (non-hydrogen) atoms. The van der Waals surface area contributed by atoms with Crippen LogP contribution in [0.25, 0.3) is 0 Å². The Labute approximate surface area is 95.5 Å². The summed E-state index contributed by atoms with van der Waals surface area (Å²) >= 11 is 0. The van der Waals surface area contributed by atoms with Gasteiger partial charge in [-0.1, -0.05) is 12.1 Å². The second kappa shape index (κ2) is 4.63. The van der Waals surface area contributed by atoms with Gasteiger partial charge in [0, 0.05) is 17.1 Å². The number of hydrogen-bond acceptors (Lipinski definition) is 2. The summed E-state index contributed by atoms with van der Waals surface area (Å²) in [5, 5.41) is 0. The van der Waals surface area contributed by atoms with Crippen LogP contribution in [0.2, 0.25) is 0 Å². The minimum absolute atomic E-state index is 0.120. The van der Waals surface area contributed by atoms with Gasteiger partial charge in [0.25, 0.3) is 9.05 Å². The lowest BCUT2D eigenvalue weighted by molar-refractivity contribution is -0.133. The Hall–Kier alpha value is -0.750. The van der Waals surface area contributed by atoms with Crippen LogP contribution in [0.1, 0.15) is 12.0 Å². The molecule has 0 radical (unpaired) electrons. The van der Waals surface area contributed by atoms with Gasteiger partial charge in [-0.05, 0) is 24.1 Å². The summed E-state index contributed by atoms with van der Waals surface area (Å²) < 4.78 is 57.4. The molecule has 0 heterocycles. The highest BCUT2D eigenvalue weighted by molar-refractivity contribution is 8.13. The van der Waals surface area contributed by atoms with Crippen molar-refractivity contribution in [3.05, 3.63) is 29.8 Å². The summed E-state index contributed by atoms with van der Waals surface area (Å²) in [4.78, 5) is -0.120. The minimum Gasteiger partial charge on any atom is -0.207 e. The third kappa shape index (κ3) is 4.40. The van der Waals surface area contributed by atoms with Gasteiger partial charge in [-0.25, -0.2) is 8.42 Å². The average Bonchev–Trinajstić information content (AvgIpc) is 2.13. The van der Waals surface area contributed by atoms with Crippen LogP contribution < -0.4 is 0 Å². The molecular formula is C9H8ClF3O2S. The zero-order chi connectivity index (χ0) is 12.4. The van der Waals surface area contributed by atoms with Crippen molar-refractivity contribution in [2.24, 2.45) is 0 Å². The van der Waals surface area contributed by atoms with Crippen LogP contribution in [0, 0.1) is 0 Å². The zero-order valence-electron chi connectivity index (χ0n) is 7.96. The van der Waals surface area contributed by atoms with Crippen molar-refractivity contribution in [1.82, 2.24) is 0 Å². The van der Waals surface area contributed by atoms with Gasteiger partial charge in [-0.3, -0.25) is 0 Å². The topological polar surface area (TPSA) is 34.1 Å². The highest BCUT2D eigenvalue weighted by Crippen LogP contribution is 2.23. The van der Waals surface area contributed by atoms with Crippen LogP contribution in [0.15, 0.2) is 29.2 Å². The van der Waals surface area contributed by atoms with Crippen molar-refractivity contribution in [2.45, 2.75) is 23.9 Å². The number of halogens is 4. The molecule has 0 unspecified atom stereocenters. The van der Waals surface area contributed by atoms with E-state index in [0.717, 1.165) is 0 Å². The van der Waals surface area contributed by atoms with E-state index >= 15 is 0 Å². The van der Waals surface area contributed by atoms with Crippen LogP contribution in [-0.2, 0) is 15.5 Å². The highest BCUT2D eigenvalue weighted by atomic mass is 35.7. The summed E-state index contributed by atoms with van der Waals surface area (Å²) in [6.45, 7) is 0. The maximum Gasteiger partial charge on any atom is 0.389 e. The van der Waals surface area contributed by atoms with E-state index in [9.17, 15) is 21.6 Å². The molecule has 0 fully saturated rings. The van der Waals surface area contributed by atoms with E-state index in [1.807, 2.05) is 0 Å². The molecule has 1 aromatic carbocycles. The van der Waals surface area contributed by atoms with Crippen molar-refractivity contribution in [1.29, 1.82) is 0 Å². The molecule has 0 saturated heterocycles. The van der Waals surface area contributed by atoms with Crippen LogP contribution in [0.3, 0.4) is 0 Å². The first-order valence-corrected chi connectivity index (χ1v) is 6.60. The molecule has 90 valence electrons. The van der Waals surface area contributed by atoms with E-state index < -0.39 is 21.6 Å². The van der Waals surface area contributed by atoms with Gasteiger partial charge in [0.05, 0.1) is 4.90 Å². The van der Waals surface area contributed by atoms with Gasteiger partial charge in [-0.2, -0.15) is 13.2 Å². The fraction of sp³-hybridized carbons (Fsp3) is 0.333. The van der Waals surface area contributed by atoms with E-state index in [-0.39, 0.29) is 11.3 Å². The fourth-order valence-corrected chi connectivity index (χ4v) is 1.87. The predicted molar refractivity (Wildman–Crippen MR) is 53.9 cm³/mol. The molecule has 1 aromatic rings. The number of aryl methyl sites for hydroxylation is 1. The normalized spacial score (nSPS) is 12.8. The molecule has 7 heteroatoms. The third-order valence-electron chi connectivity index (χ3n) is 1.90. The van der Waals surface area contributed by atoms with Crippen LogP contribution in [0.4, 0.5) is 13.2 Å². The molecule has 0 aromatic heterocycles. The Morgan fingerprint density at radius 3 is 2.00 bits per heavy atom. The molecule has 2 nitrogen and oxygen atoms in total. The van der Waals surface area contributed by atoms with Crippen molar-refractivity contribution in [2.75, 3.05) is 0 Å². The Bertz CT molecular complexity index is 451. The Morgan fingerprint density at radius 2 is 1.62 bits per heavy atom. The van der Waals surface area contributed by atoms with Crippen molar-refractivity contribution in [3.8, 4) is 0 Å². The van der Waals surface area contributed by atoms with Gasteiger partial charge in [0.15, 0.2) is 0 Å². The van der Waals surface area contributed by atoms with Crippen LogP contribution in [0.5, 0.6) is 0 Å². The first-order valence-electron chi connectivity index (χ1n) is 4.29. The number of alkyl halides is 3. The van der Waals surface area contributed by atoms with Crippen molar-refractivity contribution < 1.29 is 21.6 Å². The Balaban J connectivity index is 2.73. The first-order chi connectivity index (χ1) is 7.18. The molecule has 0 bridgehead atoms. The third-order valence-corrected chi connectivity index (χ3v) is 3.27. The maximum absolute atomic E-state index is 11.9. The van der Waals surface area contributed by atoms with E-state index in [1.165, 1.54) is 24.3 Å². The molecule has 0 spiro atoms. The molecule has 0 aliphatic heterocycles. The SMILES string of the molecule is O=S(=O)(Cl)c1ccc(CCC(F)(F)F)cc1. The van der Waals surface area contributed by atoms with Gasteiger partial charge in [0.1, 0.15) is 0 Å². The minimum atomic E-state index is -4.21. The van der Waals surface area contributed by atoms with Gasteiger partial charge in [-0.15, -0.1) is 0 Å². The van der Waals surface area contributed by atoms with Gasteiger partial charge in [0.2, 0.25) is 0 Å². The first kappa shape index (κ1) is 13.3. The molecule has 0 aliphatic rings. The lowest BCUT2D eigenvalue weighted by Gasteiger charge is -2.06. The molecule has 0 saturated carbocycles. The smallest absolute Gasteiger partial charge is 0.207 e. The Kier molecular flexibility index (Phi) is 3.85. The zero-order valence-corrected chi connectivity index (χ0v) is 9.53. The van der Waals surface area contributed by atoms with Crippen LogP contribution in [-0.4, -0.2) is 14.6 Å². The quantitative estimate of drug-likeness (QED) is 0.793. The van der Waals surface area contributed by atoms with E-state index in [0.29, 0.717) is 5.56 Å². The summed E-state index contributed by atoms with van der Waals surface area (Å²) in [6.07, 6.45) is -5.32. The molecule has 0 amide bonds. The maximum atomic E-state index is 11.9. The lowest BCUT2D eigenvalue weighted by Crippen LogP contribution is -2.08. The molecular weight excluding hydrogens is 265 g/mol. The molecule has 0 aliphatic carbocycles. The largest absolute Gasteiger partial charge is 0.389 e. The molecule has 0 N–H and O–H groups in total. The summed E-state index contributed by atoms with van der Waals surface area (Å²) in [5.41, 5.74) is 0.418. The van der Waals surface area contributed by atoms with Gasteiger partial charge < -0.3 is 0 Å². The number of hydrogen-bond donors (Lipinski definition) is 0. The highest BCUT2D eigenvalue weighted by Gasteiger charge is 2.26. The Morgan fingerprint density at radius 1 is 1.12 bits per heavy atom. The molecule has 1 rings (SSSR count). The van der Waals surface area contributed by atoms with E-state index in [4.69, 9.17) is 10.7 Å². The van der Waals surface area contributed by atoms with E-state index in [1.54, 1.807) is 0 Å². The predicted octanol–water partition coefficient (Wildman–Crippen LogP) is 3.11. The number of benzene rings is 1. The number of rotatable bonds is 3. The molecule has 0 atom stereocenters. The average molecular weight is 273 g/mol. The summed E-state index contributed by atoms with van der Waals surface area (Å²) in [7, 11) is 1.24. The van der Waals surface area contributed by atoms with Gasteiger partial charge >= 0.3 is 6.18 Å². The van der Waals surface area contributed by atoms with Crippen molar-refractivity contribution in [3.63, 3.8) is 0 Å². The summed E-state index contributed by atoms with van der Waals surface area (Å²) in [6, 6.07) is 5.02. The fourth-order valence-electron chi connectivity index (χ4n) is 1.10. The second-order valence-electron chi connectivity index (χ2n) is 3.20. The van der Waals surface area contributed by atoms with Crippen LogP contribution >= 0.6 is 10.7 Å². The standard InChI is InChI=1S/C9H8ClF3O2S/c10-16(14,15)8-3-1-7(2-4-8)5-6-9(11,12)13/h1-4H,5-6H2. The van der Waals surface area contributed by atoms with Crippen molar-refractivity contribution >= 4 is 19.7 Å².